The molecule has 3 aliphatic rings. The summed E-state index contributed by atoms with van der Waals surface area (Å²) in [5.74, 6) is -2.20. The van der Waals surface area contributed by atoms with Crippen LogP contribution in [0.5, 0.6) is 11.5 Å². The molecule has 2 saturated heterocycles. The first-order valence-corrected chi connectivity index (χ1v) is 16.3. The van der Waals surface area contributed by atoms with Crippen LogP contribution in [0.3, 0.4) is 0 Å². The van der Waals surface area contributed by atoms with Gasteiger partial charge in [-0.2, -0.15) is 0 Å². The number of hydrogen-bond acceptors (Lipinski definition) is 9. The Hall–Kier alpha value is -4.85. The zero-order valence-electron chi connectivity index (χ0n) is 26.7. The SMILES string of the molecule is O=C(O)C1O[C@@H](OC2(c3ccc(F)cc3)CCC3(CC2)C(=O)N(c2ccccc2)[C@@H]3c2ccc(-c3cccc(O)c3)cc2O)[C@@H](O)C(O)[C@@H]1O. The molecule has 1 amide bonds. The molecule has 6 atom stereocenters. The molecule has 12 heteroatoms. The summed E-state index contributed by atoms with van der Waals surface area (Å²) in [6.07, 6.45) is -8.51. The summed E-state index contributed by atoms with van der Waals surface area (Å²) in [4.78, 5) is 27.8. The van der Waals surface area contributed by atoms with E-state index in [0.29, 0.717) is 27.9 Å². The summed E-state index contributed by atoms with van der Waals surface area (Å²) in [5, 5.41) is 62.7. The number of β-lactam (4-membered cyclic amide) rings is 1. The predicted octanol–water partition coefficient (Wildman–Crippen LogP) is 4.36. The van der Waals surface area contributed by atoms with Crippen LogP contribution in [0.1, 0.15) is 42.9 Å². The van der Waals surface area contributed by atoms with Gasteiger partial charge in [0.2, 0.25) is 5.91 Å². The van der Waals surface area contributed by atoms with E-state index < -0.39 is 59.6 Å². The maximum Gasteiger partial charge on any atom is 0.335 e. The number of carbonyl (C=O) groups excluding carboxylic acids is 1. The minimum atomic E-state index is -1.91. The Morgan fingerprint density at radius 1 is 0.800 bits per heavy atom. The van der Waals surface area contributed by atoms with E-state index in [9.17, 15) is 44.6 Å². The van der Waals surface area contributed by atoms with Gasteiger partial charge in [-0.25, -0.2) is 9.18 Å². The minimum Gasteiger partial charge on any atom is -0.508 e. The molecular formula is C38H36FNO10. The van der Waals surface area contributed by atoms with Gasteiger partial charge >= 0.3 is 5.97 Å². The van der Waals surface area contributed by atoms with Crippen LogP contribution >= 0.6 is 0 Å². The molecule has 2 heterocycles. The lowest BCUT2D eigenvalue weighted by atomic mass is 9.56. The molecule has 1 aliphatic carbocycles. The Labute approximate surface area is 286 Å². The number of carboxylic acid groups (broad SMARTS) is 1. The van der Waals surface area contributed by atoms with Gasteiger partial charge in [0, 0.05) is 11.3 Å². The zero-order valence-corrected chi connectivity index (χ0v) is 26.7. The number of nitrogens with zero attached hydrogens (tertiary/aromatic N) is 1. The highest BCUT2D eigenvalue weighted by molar-refractivity contribution is 6.06. The van der Waals surface area contributed by atoms with Crippen molar-refractivity contribution in [3.63, 3.8) is 0 Å². The highest BCUT2D eigenvalue weighted by Crippen LogP contribution is 2.63. The number of phenols is 2. The van der Waals surface area contributed by atoms with Gasteiger partial charge in [0.25, 0.3) is 0 Å². The quantitative estimate of drug-likeness (QED) is 0.153. The van der Waals surface area contributed by atoms with Crippen LogP contribution in [0.15, 0.2) is 97.1 Å². The normalized spacial score (nSPS) is 31.0. The number of ether oxygens (including phenoxy) is 2. The van der Waals surface area contributed by atoms with Crippen LogP contribution in [0.25, 0.3) is 11.1 Å². The maximum absolute atomic E-state index is 14.3. The Bertz CT molecular complexity index is 1900. The Balaban J connectivity index is 1.25. The first kappa shape index (κ1) is 33.6. The smallest absolute Gasteiger partial charge is 0.335 e. The second kappa shape index (κ2) is 12.8. The summed E-state index contributed by atoms with van der Waals surface area (Å²) in [7, 11) is 0. The van der Waals surface area contributed by atoms with Crippen LogP contribution in [0.2, 0.25) is 0 Å². The number of rotatable bonds is 7. The molecule has 0 bridgehead atoms. The van der Waals surface area contributed by atoms with E-state index in [1.807, 2.05) is 36.4 Å². The number of hydrogen-bond donors (Lipinski definition) is 6. The van der Waals surface area contributed by atoms with Gasteiger partial charge in [-0.15, -0.1) is 0 Å². The minimum absolute atomic E-state index is 0.0405. The molecule has 6 N–H and O–H groups in total. The molecular weight excluding hydrogens is 649 g/mol. The van der Waals surface area contributed by atoms with Crippen molar-refractivity contribution in [1.29, 1.82) is 0 Å². The summed E-state index contributed by atoms with van der Waals surface area (Å²) in [6.45, 7) is 0. The molecule has 4 aromatic rings. The van der Waals surface area contributed by atoms with Crippen molar-refractivity contribution >= 4 is 17.6 Å². The number of carbonyl (C=O) groups is 2. The molecule has 260 valence electrons. The number of benzene rings is 4. The number of carboxylic acids is 1. The van der Waals surface area contributed by atoms with E-state index in [4.69, 9.17) is 9.47 Å². The molecule has 2 aliphatic heterocycles. The van der Waals surface area contributed by atoms with Gasteiger partial charge in [0.05, 0.1) is 17.1 Å². The number of para-hydroxylation sites is 1. The molecule has 1 spiro atoms. The fourth-order valence-corrected chi connectivity index (χ4v) is 7.77. The maximum atomic E-state index is 14.3. The van der Waals surface area contributed by atoms with E-state index in [0.717, 1.165) is 0 Å². The fourth-order valence-electron chi connectivity index (χ4n) is 7.77. The highest BCUT2D eigenvalue weighted by Gasteiger charge is 2.65. The van der Waals surface area contributed by atoms with Crippen molar-refractivity contribution in [2.75, 3.05) is 4.90 Å². The predicted molar refractivity (Wildman–Crippen MR) is 176 cm³/mol. The summed E-state index contributed by atoms with van der Waals surface area (Å²) >= 11 is 0. The third-order valence-corrected chi connectivity index (χ3v) is 10.4. The molecule has 3 fully saturated rings. The highest BCUT2D eigenvalue weighted by atomic mass is 19.1. The lowest BCUT2D eigenvalue weighted by Gasteiger charge is -2.60. The standard InChI is InChI=1S/C38H36FNO10/c39-24-12-10-23(11-13-24)38(50-35-31(45)29(43)30(44)32(49-35)34(46)47)17-15-37(16-18-38)33(40(36(37)48)25-6-2-1-3-7-25)27-14-9-22(20-28(27)42)21-5-4-8-26(41)19-21/h1-14,19-20,29-33,35,41-45H,15-18H2,(H,46,47)/t29?,30-,31-,32?,33+,35-,37?,38?/m0/s1. The van der Waals surface area contributed by atoms with Gasteiger partial charge in [-0.1, -0.05) is 54.6 Å². The van der Waals surface area contributed by atoms with E-state index in [2.05, 4.69) is 0 Å². The average Bonchev–Trinajstić information content (AvgIpc) is 3.11. The Morgan fingerprint density at radius 3 is 2.12 bits per heavy atom. The van der Waals surface area contributed by atoms with E-state index in [1.54, 1.807) is 41.3 Å². The van der Waals surface area contributed by atoms with Crippen molar-refractivity contribution in [3.8, 4) is 22.6 Å². The number of aromatic hydroxyl groups is 2. The van der Waals surface area contributed by atoms with Crippen molar-refractivity contribution in [2.45, 2.75) is 68.0 Å². The monoisotopic (exact) mass is 685 g/mol. The first-order chi connectivity index (χ1) is 23.9. The van der Waals surface area contributed by atoms with E-state index in [1.165, 1.54) is 24.3 Å². The van der Waals surface area contributed by atoms with Crippen molar-refractivity contribution in [2.24, 2.45) is 5.41 Å². The third-order valence-electron chi connectivity index (χ3n) is 10.4. The number of aliphatic hydroxyl groups excluding tert-OH is 3. The summed E-state index contributed by atoms with van der Waals surface area (Å²) in [6, 6.07) is 25.8. The molecule has 0 radical (unpaired) electrons. The number of aliphatic carboxylic acids is 1. The largest absolute Gasteiger partial charge is 0.508 e. The van der Waals surface area contributed by atoms with Crippen molar-refractivity contribution < 1.29 is 54.1 Å². The van der Waals surface area contributed by atoms with Crippen LogP contribution in [0.4, 0.5) is 10.1 Å². The van der Waals surface area contributed by atoms with Crippen molar-refractivity contribution in [1.82, 2.24) is 0 Å². The fraction of sp³-hybridized carbons (Fsp3) is 0.316. The summed E-state index contributed by atoms with van der Waals surface area (Å²) in [5.41, 5.74) is 0.659. The molecule has 4 aromatic carbocycles. The van der Waals surface area contributed by atoms with Gasteiger partial charge in [0.1, 0.15) is 35.6 Å². The lowest BCUT2D eigenvalue weighted by Crippen LogP contribution is -2.66. The number of phenolic OH excluding ortho intramolecular Hbond substituents is 2. The third kappa shape index (κ3) is 5.59. The number of aliphatic hydroxyl groups is 3. The second-order valence-electron chi connectivity index (χ2n) is 13.2. The average molecular weight is 686 g/mol. The van der Waals surface area contributed by atoms with Crippen LogP contribution in [-0.2, 0) is 24.7 Å². The molecule has 0 aromatic heterocycles. The zero-order chi connectivity index (χ0) is 35.4. The molecule has 50 heavy (non-hydrogen) atoms. The van der Waals surface area contributed by atoms with Crippen LogP contribution in [-0.4, -0.2) is 73.2 Å². The van der Waals surface area contributed by atoms with E-state index in [-0.39, 0.29) is 43.1 Å². The van der Waals surface area contributed by atoms with Crippen LogP contribution < -0.4 is 4.90 Å². The van der Waals surface area contributed by atoms with Gasteiger partial charge in [0.15, 0.2) is 12.4 Å². The van der Waals surface area contributed by atoms with E-state index >= 15 is 0 Å². The van der Waals surface area contributed by atoms with Crippen molar-refractivity contribution in [3.05, 3.63) is 114 Å². The number of amides is 1. The van der Waals surface area contributed by atoms with Crippen LogP contribution in [0, 0.1) is 11.2 Å². The Kier molecular flexibility index (Phi) is 8.61. The molecule has 7 rings (SSSR count). The van der Waals surface area contributed by atoms with Gasteiger partial charge < -0.3 is 45.0 Å². The Morgan fingerprint density at radius 2 is 1.48 bits per heavy atom. The second-order valence-corrected chi connectivity index (χ2v) is 13.2. The topological polar surface area (TPSA) is 177 Å². The number of anilines is 1. The van der Waals surface area contributed by atoms with Gasteiger partial charge in [-0.3, -0.25) is 4.79 Å². The van der Waals surface area contributed by atoms with Gasteiger partial charge in [-0.05, 0) is 84.8 Å². The molecule has 1 saturated carbocycles. The summed E-state index contributed by atoms with van der Waals surface area (Å²) < 4.78 is 26.0. The lowest BCUT2D eigenvalue weighted by molar-refractivity contribution is -0.328. The molecule has 11 nitrogen and oxygen atoms in total. The first-order valence-electron chi connectivity index (χ1n) is 16.3. The number of halogens is 1. The molecule has 2 unspecified atom stereocenters.